The van der Waals surface area contributed by atoms with E-state index in [-0.39, 0.29) is 5.54 Å². The first-order valence-electron chi connectivity index (χ1n) is 11.0. The van der Waals surface area contributed by atoms with E-state index in [1.54, 1.807) is 51.1 Å². The van der Waals surface area contributed by atoms with E-state index < -0.39 is 0 Å². The first-order valence-corrected chi connectivity index (χ1v) is 12.6. The molecule has 0 aliphatic carbocycles. The third kappa shape index (κ3) is 6.29. The van der Waals surface area contributed by atoms with Crippen LogP contribution in [0.4, 0.5) is 17.5 Å². The van der Waals surface area contributed by atoms with E-state index in [0.29, 0.717) is 44.1 Å². The fourth-order valence-corrected chi connectivity index (χ4v) is 3.63. The summed E-state index contributed by atoms with van der Waals surface area (Å²) in [6.07, 6.45) is 10.4. The average molecular weight is 631 g/mol. The van der Waals surface area contributed by atoms with Crippen LogP contribution in [0.3, 0.4) is 0 Å². The van der Waals surface area contributed by atoms with Gasteiger partial charge >= 0.3 is 0 Å². The Morgan fingerprint density at radius 1 is 0.784 bits per heavy atom. The van der Waals surface area contributed by atoms with Gasteiger partial charge in [0.15, 0.2) is 5.82 Å². The fourth-order valence-electron chi connectivity index (χ4n) is 2.99. The van der Waals surface area contributed by atoms with Crippen LogP contribution < -0.4 is 16.8 Å². The summed E-state index contributed by atoms with van der Waals surface area (Å²) in [6, 6.07) is 3.61. The van der Waals surface area contributed by atoms with Crippen molar-refractivity contribution in [2.24, 2.45) is 0 Å². The minimum atomic E-state index is -0.120. The lowest BCUT2D eigenvalue weighted by Gasteiger charge is -2.22. The summed E-state index contributed by atoms with van der Waals surface area (Å²) in [7, 11) is 0. The fraction of sp³-hybridized carbons (Fsp3) is 0.227. The monoisotopic (exact) mass is 629 g/mol. The first kappa shape index (κ1) is 26.2. The van der Waals surface area contributed by atoms with Crippen LogP contribution >= 0.6 is 31.9 Å². The number of hydrogen-bond acceptors (Lipinski definition) is 10. The van der Waals surface area contributed by atoms with E-state index in [2.05, 4.69) is 72.4 Å². The summed E-state index contributed by atoms with van der Waals surface area (Å²) in [5, 5.41) is 15.7. The van der Waals surface area contributed by atoms with Crippen LogP contribution in [0.15, 0.2) is 58.3 Å². The molecule has 0 bridgehead atoms. The molecule has 5 aromatic rings. The second kappa shape index (κ2) is 10.6. The standard InChI is InChI=1S/C11H10BrN7.C11H15BrN6/c1-7-5-15-19(6-7)11-16-9(13)8(12)10(17-11)18-4-2-3-14-18;1-11(2,3)17-9-7(12)8(13)15-10(16-9)18-6-4-5-14-18/h2-6H,1H3,(H2,13,16,17);4-6H,1-3H3,(H3,13,15,16,17). The molecule has 5 heterocycles. The van der Waals surface area contributed by atoms with Gasteiger partial charge in [-0.15, -0.1) is 0 Å². The predicted octanol–water partition coefficient (Wildman–Crippen LogP) is 3.72. The molecular formula is C22H25Br2N13. The summed E-state index contributed by atoms with van der Waals surface area (Å²) in [6.45, 7) is 8.09. The number of nitrogens with two attached hydrogens (primary N) is 2. The second-order valence-corrected chi connectivity index (χ2v) is 10.4. The van der Waals surface area contributed by atoms with Crippen LogP contribution in [-0.4, -0.2) is 54.8 Å². The Balaban J connectivity index is 0.000000173. The molecule has 0 aromatic carbocycles. The third-order valence-corrected chi connectivity index (χ3v) is 6.10. The zero-order valence-electron chi connectivity index (χ0n) is 20.5. The van der Waals surface area contributed by atoms with Crippen molar-refractivity contribution >= 4 is 49.3 Å². The molecule has 0 unspecified atom stereocenters. The molecule has 0 saturated carbocycles. The number of aromatic nitrogens is 10. The smallest absolute Gasteiger partial charge is 0.254 e. The lowest BCUT2D eigenvalue weighted by atomic mass is 10.1. The number of halogens is 2. The quantitative estimate of drug-likeness (QED) is 0.266. The van der Waals surface area contributed by atoms with Gasteiger partial charge in [-0.2, -0.15) is 35.2 Å². The zero-order chi connectivity index (χ0) is 26.7. The molecule has 0 amide bonds. The van der Waals surface area contributed by atoms with Crippen molar-refractivity contribution < 1.29 is 0 Å². The Hall–Kier alpha value is -3.85. The highest BCUT2D eigenvalue weighted by molar-refractivity contribution is 9.11. The number of nitrogens with one attached hydrogen (secondary N) is 1. The zero-order valence-corrected chi connectivity index (χ0v) is 23.7. The Morgan fingerprint density at radius 2 is 1.38 bits per heavy atom. The molecule has 15 heteroatoms. The molecular weight excluding hydrogens is 606 g/mol. The summed E-state index contributed by atoms with van der Waals surface area (Å²) in [4.78, 5) is 17.2. The van der Waals surface area contributed by atoms with Gasteiger partial charge < -0.3 is 16.8 Å². The predicted molar refractivity (Wildman–Crippen MR) is 148 cm³/mol. The number of rotatable bonds is 4. The van der Waals surface area contributed by atoms with Crippen molar-refractivity contribution in [3.05, 3.63) is 63.8 Å². The maximum Gasteiger partial charge on any atom is 0.254 e. The van der Waals surface area contributed by atoms with Gasteiger partial charge in [-0.05, 0) is 77.3 Å². The van der Waals surface area contributed by atoms with Crippen LogP contribution in [0.2, 0.25) is 0 Å². The van der Waals surface area contributed by atoms with Gasteiger partial charge in [-0.1, -0.05) is 0 Å². The topological polar surface area (TPSA) is 169 Å². The molecule has 5 rings (SSSR count). The van der Waals surface area contributed by atoms with Crippen LogP contribution in [0.25, 0.3) is 17.7 Å². The molecule has 0 spiro atoms. The molecule has 0 fully saturated rings. The molecule has 192 valence electrons. The maximum absolute atomic E-state index is 5.89. The highest BCUT2D eigenvalue weighted by atomic mass is 79.9. The van der Waals surface area contributed by atoms with Gasteiger partial charge in [0.05, 0.1) is 6.20 Å². The highest BCUT2D eigenvalue weighted by Crippen LogP contribution is 2.28. The van der Waals surface area contributed by atoms with Crippen molar-refractivity contribution in [2.75, 3.05) is 16.8 Å². The van der Waals surface area contributed by atoms with E-state index in [0.717, 1.165) is 5.56 Å². The van der Waals surface area contributed by atoms with Gasteiger partial charge in [-0.3, -0.25) is 0 Å². The average Bonchev–Trinajstić information content (AvgIpc) is 3.61. The van der Waals surface area contributed by atoms with E-state index in [1.807, 2.05) is 40.0 Å². The van der Waals surface area contributed by atoms with Crippen molar-refractivity contribution in [1.29, 1.82) is 0 Å². The molecule has 5 N–H and O–H groups in total. The van der Waals surface area contributed by atoms with E-state index in [1.165, 1.54) is 0 Å². The van der Waals surface area contributed by atoms with Gasteiger partial charge in [0.2, 0.25) is 0 Å². The van der Waals surface area contributed by atoms with E-state index in [9.17, 15) is 0 Å². The second-order valence-electron chi connectivity index (χ2n) is 8.86. The van der Waals surface area contributed by atoms with Crippen molar-refractivity contribution in [1.82, 2.24) is 49.3 Å². The maximum atomic E-state index is 5.89. The Morgan fingerprint density at radius 3 is 1.92 bits per heavy atom. The number of anilines is 3. The third-order valence-electron chi connectivity index (χ3n) is 4.55. The van der Waals surface area contributed by atoms with Gasteiger partial charge in [-0.25, -0.2) is 14.0 Å². The first-order chi connectivity index (χ1) is 17.5. The highest BCUT2D eigenvalue weighted by Gasteiger charge is 2.17. The minimum Gasteiger partial charge on any atom is -0.383 e. The normalized spacial score (nSPS) is 11.2. The summed E-state index contributed by atoms with van der Waals surface area (Å²) in [5.74, 6) is 2.78. The largest absolute Gasteiger partial charge is 0.383 e. The number of aryl methyl sites for hydroxylation is 1. The van der Waals surface area contributed by atoms with Crippen LogP contribution in [0.1, 0.15) is 26.3 Å². The van der Waals surface area contributed by atoms with Gasteiger partial charge in [0.25, 0.3) is 11.9 Å². The van der Waals surface area contributed by atoms with E-state index in [4.69, 9.17) is 11.5 Å². The van der Waals surface area contributed by atoms with Crippen molar-refractivity contribution in [3.63, 3.8) is 0 Å². The summed E-state index contributed by atoms with van der Waals surface area (Å²) >= 11 is 6.76. The molecule has 0 aliphatic heterocycles. The van der Waals surface area contributed by atoms with Crippen LogP contribution in [0.5, 0.6) is 0 Å². The van der Waals surface area contributed by atoms with Gasteiger partial charge in [0.1, 0.15) is 26.4 Å². The molecule has 37 heavy (non-hydrogen) atoms. The molecule has 13 nitrogen and oxygen atoms in total. The van der Waals surface area contributed by atoms with Crippen molar-refractivity contribution in [2.45, 2.75) is 33.2 Å². The Kier molecular flexibility index (Phi) is 7.54. The lowest BCUT2D eigenvalue weighted by Crippen LogP contribution is -2.27. The minimum absolute atomic E-state index is 0.120. The Bertz CT molecular complexity index is 1490. The summed E-state index contributed by atoms with van der Waals surface area (Å²) < 4.78 is 6.01. The van der Waals surface area contributed by atoms with E-state index >= 15 is 0 Å². The Labute approximate surface area is 229 Å². The number of nitrogen functional groups attached to an aromatic ring is 2. The summed E-state index contributed by atoms with van der Waals surface area (Å²) in [5.41, 5.74) is 12.7. The van der Waals surface area contributed by atoms with Crippen LogP contribution in [-0.2, 0) is 0 Å². The number of nitrogens with zero attached hydrogens (tertiary/aromatic N) is 10. The molecule has 0 aliphatic rings. The van der Waals surface area contributed by atoms with Crippen LogP contribution in [0, 0.1) is 6.92 Å². The molecule has 5 aromatic heterocycles. The van der Waals surface area contributed by atoms with Gasteiger partial charge in [0, 0.05) is 36.5 Å². The number of hydrogen-bond donors (Lipinski definition) is 3. The molecule has 0 atom stereocenters. The SMILES string of the molecule is CC(C)(C)Nc1nc(-n2cccn2)nc(N)c1Br.Cc1cnn(-c2nc(N)c(Br)c(-n3cccn3)n2)c1. The lowest BCUT2D eigenvalue weighted by molar-refractivity contribution is 0.628. The van der Waals surface area contributed by atoms with Crippen molar-refractivity contribution in [3.8, 4) is 17.7 Å². The molecule has 0 radical (unpaired) electrons. The molecule has 0 saturated heterocycles.